The fraction of sp³-hybridized carbons (Fsp3) is 0.316. The van der Waals surface area contributed by atoms with Crippen molar-refractivity contribution in [2.45, 2.75) is 39.3 Å². The van der Waals surface area contributed by atoms with Gasteiger partial charge in [-0.2, -0.15) is 0 Å². The number of halogens is 1. The maximum absolute atomic E-state index is 12.3. The Morgan fingerprint density at radius 1 is 1.09 bits per heavy atom. The molecule has 0 bridgehead atoms. The first-order valence-electron chi connectivity index (χ1n) is 7.91. The number of anilines is 1. The molecule has 23 heavy (non-hydrogen) atoms. The number of nitrogens with one attached hydrogen (secondary N) is 2. The normalized spacial score (nSPS) is 13.4. The highest BCUT2D eigenvalue weighted by Crippen LogP contribution is 2.22. The lowest BCUT2D eigenvalue weighted by atomic mass is 10.1. The Morgan fingerprint density at radius 3 is 2.35 bits per heavy atom. The molecule has 122 valence electrons. The quantitative estimate of drug-likeness (QED) is 0.814. The number of carbonyl (C=O) groups excluding carboxylic acids is 1. The summed E-state index contributed by atoms with van der Waals surface area (Å²) in [4.78, 5) is 12.3. The third kappa shape index (κ3) is 4.81. The van der Waals surface area contributed by atoms with Crippen LogP contribution < -0.4 is 10.6 Å². The molecule has 4 heteroatoms. The molecule has 0 fully saturated rings. The molecule has 0 aliphatic heterocycles. The summed E-state index contributed by atoms with van der Waals surface area (Å²) in [7, 11) is 0. The summed E-state index contributed by atoms with van der Waals surface area (Å²) < 4.78 is 0. The third-order valence-electron chi connectivity index (χ3n) is 3.89. The van der Waals surface area contributed by atoms with Crippen LogP contribution in [0.2, 0.25) is 5.02 Å². The first kappa shape index (κ1) is 17.5. The molecule has 3 nitrogen and oxygen atoms in total. The average molecular weight is 331 g/mol. The van der Waals surface area contributed by atoms with Crippen molar-refractivity contribution in [3.63, 3.8) is 0 Å². The van der Waals surface area contributed by atoms with Crippen LogP contribution in [0.1, 0.15) is 37.9 Å². The minimum absolute atomic E-state index is 0.00748. The number of aryl methyl sites for hydroxylation is 1. The SMILES string of the molecule is CCc1ccc(NC(=O)[C@H](C)N[C@H](C)c2ccccc2Cl)cc1. The molecule has 0 unspecified atom stereocenters. The maximum atomic E-state index is 12.3. The zero-order valence-corrected chi connectivity index (χ0v) is 14.5. The summed E-state index contributed by atoms with van der Waals surface area (Å²) in [6.07, 6.45) is 0.988. The first-order valence-corrected chi connectivity index (χ1v) is 8.29. The van der Waals surface area contributed by atoms with Crippen molar-refractivity contribution in [1.29, 1.82) is 0 Å². The lowest BCUT2D eigenvalue weighted by Gasteiger charge is -2.21. The zero-order chi connectivity index (χ0) is 16.8. The smallest absolute Gasteiger partial charge is 0.241 e. The van der Waals surface area contributed by atoms with E-state index in [-0.39, 0.29) is 18.0 Å². The standard InChI is InChI=1S/C19H23ClN2O/c1-4-15-9-11-16(12-10-15)22-19(23)14(3)21-13(2)17-7-5-6-8-18(17)20/h5-14,21H,4H2,1-3H3,(H,22,23)/t13-,14+/m1/s1. The molecular weight excluding hydrogens is 308 g/mol. The summed E-state index contributed by atoms with van der Waals surface area (Å²) >= 11 is 6.20. The van der Waals surface area contributed by atoms with Gasteiger partial charge in [0, 0.05) is 16.8 Å². The lowest BCUT2D eigenvalue weighted by Crippen LogP contribution is -2.39. The molecule has 2 aromatic rings. The highest BCUT2D eigenvalue weighted by Gasteiger charge is 2.17. The van der Waals surface area contributed by atoms with Crippen LogP contribution in [0.5, 0.6) is 0 Å². The van der Waals surface area contributed by atoms with Crippen molar-refractivity contribution in [2.75, 3.05) is 5.32 Å². The molecule has 0 aliphatic rings. The first-order chi connectivity index (χ1) is 11.0. The van der Waals surface area contributed by atoms with E-state index in [9.17, 15) is 4.79 Å². The molecule has 0 saturated carbocycles. The van der Waals surface area contributed by atoms with Crippen molar-refractivity contribution < 1.29 is 4.79 Å². The van der Waals surface area contributed by atoms with E-state index in [1.54, 1.807) is 0 Å². The van der Waals surface area contributed by atoms with E-state index >= 15 is 0 Å². The largest absolute Gasteiger partial charge is 0.325 e. The summed E-state index contributed by atoms with van der Waals surface area (Å²) in [5.41, 5.74) is 3.05. The Morgan fingerprint density at radius 2 is 1.74 bits per heavy atom. The van der Waals surface area contributed by atoms with E-state index in [1.165, 1.54) is 5.56 Å². The van der Waals surface area contributed by atoms with Crippen LogP contribution in [-0.4, -0.2) is 11.9 Å². The zero-order valence-electron chi connectivity index (χ0n) is 13.8. The van der Waals surface area contributed by atoms with E-state index < -0.39 is 0 Å². The molecule has 2 aromatic carbocycles. The van der Waals surface area contributed by atoms with Crippen molar-refractivity contribution in [3.05, 3.63) is 64.7 Å². The second kappa shape index (κ2) is 8.14. The summed E-state index contributed by atoms with van der Waals surface area (Å²) in [5.74, 6) is -0.0619. The minimum atomic E-state index is -0.327. The van der Waals surface area contributed by atoms with Gasteiger partial charge in [-0.15, -0.1) is 0 Å². The van der Waals surface area contributed by atoms with Gasteiger partial charge in [0.05, 0.1) is 6.04 Å². The molecule has 0 saturated heterocycles. The Balaban J connectivity index is 1.95. The Bertz CT molecular complexity index is 655. The second-order valence-electron chi connectivity index (χ2n) is 5.67. The Kier molecular flexibility index (Phi) is 6.20. The highest BCUT2D eigenvalue weighted by molar-refractivity contribution is 6.31. The predicted octanol–water partition coefficient (Wildman–Crippen LogP) is 4.58. The molecule has 1 amide bonds. The van der Waals surface area contributed by atoms with Gasteiger partial charge in [0.2, 0.25) is 5.91 Å². The van der Waals surface area contributed by atoms with Gasteiger partial charge in [-0.05, 0) is 49.6 Å². The Labute approximate surface area is 143 Å². The minimum Gasteiger partial charge on any atom is -0.325 e. The number of benzene rings is 2. The number of rotatable bonds is 6. The summed E-state index contributed by atoms with van der Waals surface area (Å²) in [6.45, 7) is 5.96. The number of hydrogen-bond donors (Lipinski definition) is 2. The van der Waals surface area contributed by atoms with Gasteiger partial charge < -0.3 is 5.32 Å². The number of amides is 1. The van der Waals surface area contributed by atoms with Gasteiger partial charge in [0.15, 0.2) is 0 Å². The van der Waals surface area contributed by atoms with Gasteiger partial charge in [0.1, 0.15) is 0 Å². The Hall–Kier alpha value is -1.84. The molecule has 0 radical (unpaired) electrons. The van der Waals surface area contributed by atoms with E-state index in [4.69, 9.17) is 11.6 Å². The molecule has 0 heterocycles. The number of carbonyl (C=O) groups is 1. The molecule has 2 N–H and O–H groups in total. The monoisotopic (exact) mass is 330 g/mol. The third-order valence-corrected chi connectivity index (χ3v) is 4.24. The predicted molar refractivity (Wildman–Crippen MR) is 96.9 cm³/mol. The van der Waals surface area contributed by atoms with Gasteiger partial charge in [-0.1, -0.05) is 48.9 Å². The second-order valence-corrected chi connectivity index (χ2v) is 6.08. The van der Waals surface area contributed by atoms with Gasteiger partial charge in [-0.3, -0.25) is 10.1 Å². The molecule has 2 rings (SSSR count). The number of hydrogen-bond acceptors (Lipinski definition) is 2. The van der Waals surface area contributed by atoms with E-state index in [0.29, 0.717) is 5.02 Å². The molecule has 0 aliphatic carbocycles. The van der Waals surface area contributed by atoms with Crippen LogP contribution in [0.25, 0.3) is 0 Å². The fourth-order valence-corrected chi connectivity index (χ4v) is 2.74. The lowest BCUT2D eigenvalue weighted by molar-refractivity contribution is -0.117. The average Bonchev–Trinajstić information content (AvgIpc) is 2.55. The van der Waals surface area contributed by atoms with Gasteiger partial charge >= 0.3 is 0 Å². The van der Waals surface area contributed by atoms with E-state index in [0.717, 1.165) is 17.7 Å². The highest BCUT2D eigenvalue weighted by atomic mass is 35.5. The van der Waals surface area contributed by atoms with E-state index in [1.807, 2.05) is 62.4 Å². The van der Waals surface area contributed by atoms with Crippen LogP contribution in [0.3, 0.4) is 0 Å². The van der Waals surface area contributed by atoms with E-state index in [2.05, 4.69) is 17.6 Å². The van der Waals surface area contributed by atoms with Crippen LogP contribution >= 0.6 is 11.6 Å². The van der Waals surface area contributed by atoms with Crippen LogP contribution in [0.4, 0.5) is 5.69 Å². The van der Waals surface area contributed by atoms with Crippen molar-refractivity contribution in [1.82, 2.24) is 5.32 Å². The molecule has 0 aromatic heterocycles. The van der Waals surface area contributed by atoms with Crippen LogP contribution in [0, 0.1) is 0 Å². The molecule has 2 atom stereocenters. The van der Waals surface area contributed by atoms with Crippen LogP contribution in [0.15, 0.2) is 48.5 Å². The maximum Gasteiger partial charge on any atom is 0.241 e. The molecular formula is C19H23ClN2O. The van der Waals surface area contributed by atoms with Crippen LogP contribution in [-0.2, 0) is 11.2 Å². The molecule has 0 spiro atoms. The topological polar surface area (TPSA) is 41.1 Å². The van der Waals surface area contributed by atoms with Crippen molar-refractivity contribution >= 4 is 23.2 Å². The summed E-state index contributed by atoms with van der Waals surface area (Å²) in [5, 5.41) is 6.92. The van der Waals surface area contributed by atoms with Crippen molar-refractivity contribution in [3.8, 4) is 0 Å². The van der Waals surface area contributed by atoms with Gasteiger partial charge in [-0.25, -0.2) is 0 Å². The van der Waals surface area contributed by atoms with Gasteiger partial charge in [0.25, 0.3) is 0 Å². The van der Waals surface area contributed by atoms with Crippen molar-refractivity contribution in [2.24, 2.45) is 0 Å². The summed E-state index contributed by atoms with van der Waals surface area (Å²) in [6, 6.07) is 15.2. The fourth-order valence-electron chi connectivity index (χ4n) is 2.44.